The lowest BCUT2D eigenvalue weighted by Crippen LogP contribution is -2.25. The van der Waals surface area contributed by atoms with Crippen LogP contribution in [0, 0.1) is 5.82 Å². The maximum atomic E-state index is 13.5. The van der Waals surface area contributed by atoms with Crippen molar-refractivity contribution >= 4 is 17.7 Å². The number of amides is 1. The number of thioether (sulfide) groups is 1. The molecule has 28 heavy (non-hydrogen) atoms. The Balaban J connectivity index is 1.69. The molecule has 152 valence electrons. The highest BCUT2D eigenvalue weighted by Gasteiger charge is 2.08. The van der Waals surface area contributed by atoms with Crippen LogP contribution in [0.2, 0.25) is 0 Å². The summed E-state index contributed by atoms with van der Waals surface area (Å²) in [5, 5.41) is 2.92. The van der Waals surface area contributed by atoms with Crippen molar-refractivity contribution in [2.75, 3.05) is 25.5 Å². The number of rotatable bonds is 12. The predicted octanol–water partition coefficient (Wildman–Crippen LogP) is 4.61. The maximum absolute atomic E-state index is 13.5. The summed E-state index contributed by atoms with van der Waals surface area (Å²) < 4.78 is 24.7. The Morgan fingerprint density at radius 2 is 1.82 bits per heavy atom. The van der Waals surface area contributed by atoms with E-state index < -0.39 is 0 Å². The van der Waals surface area contributed by atoms with Crippen LogP contribution >= 0.6 is 11.8 Å². The van der Waals surface area contributed by atoms with Crippen LogP contribution in [0.15, 0.2) is 42.5 Å². The van der Waals surface area contributed by atoms with Crippen molar-refractivity contribution in [1.82, 2.24) is 5.32 Å². The van der Waals surface area contributed by atoms with Crippen LogP contribution in [-0.4, -0.2) is 31.4 Å². The monoisotopic (exact) mass is 405 g/mol. The minimum Gasteiger partial charge on any atom is -0.490 e. The molecule has 0 saturated heterocycles. The Morgan fingerprint density at radius 3 is 2.57 bits per heavy atom. The predicted molar refractivity (Wildman–Crippen MR) is 113 cm³/mol. The topological polar surface area (TPSA) is 47.6 Å². The zero-order chi connectivity index (χ0) is 20.2. The molecule has 0 spiro atoms. The number of hydrogen-bond donors (Lipinski definition) is 1. The van der Waals surface area contributed by atoms with E-state index >= 15 is 0 Å². The molecule has 0 aliphatic carbocycles. The van der Waals surface area contributed by atoms with Crippen LogP contribution in [0.25, 0.3) is 0 Å². The lowest BCUT2D eigenvalue weighted by atomic mass is 10.1. The first-order chi connectivity index (χ1) is 13.6. The van der Waals surface area contributed by atoms with Gasteiger partial charge in [0.2, 0.25) is 5.91 Å². The molecule has 0 aromatic heterocycles. The van der Waals surface area contributed by atoms with Crippen LogP contribution in [0.3, 0.4) is 0 Å². The van der Waals surface area contributed by atoms with Gasteiger partial charge in [0.15, 0.2) is 11.5 Å². The summed E-state index contributed by atoms with van der Waals surface area (Å²) in [5.41, 5.74) is 1.73. The smallest absolute Gasteiger partial charge is 0.220 e. The number of carbonyl (C=O) groups is 1. The van der Waals surface area contributed by atoms with E-state index in [1.807, 2.05) is 38.1 Å². The first-order valence-electron chi connectivity index (χ1n) is 9.60. The Morgan fingerprint density at radius 1 is 1.07 bits per heavy atom. The molecule has 2 rings (SSSR count). The third kappa shape index (κ3) is 7.43. The van der Waals surface area contributed by atoms with Gasteiger partial charge in [-0.05, 0) is 49.6 Å². The van der Waals surface area contributed by atoms with Crippen molar-refractivity contribution in [3.8, 4) is 11.5 Å². The summed E-state index contributed by atoms with van der Waals surface area (Å²) in [5.74, 6) is 2.63. The fraction of sp³-hybridized carbons (Fsp3) is 0.409. The zero-order valence-electron chi connectivity index (χ0n) is 16.5. The number of ether oxygens (including phenoxy) is 2. The van der Waals surface area contributed by atoms with Crippen LogP contribution < -0.4 is 14.8 Å². The van der Waals surface area contributed by atoms with Crippen molar-refractivity contribution in [2.24, 2.45) is 0 Å². The van der Waals surface area contributed by atoms with Crippen LogP contribution in [-0.2, 0) is 17.0 Å². The molecule has 1 N–H and O–H groups in total. The van der Waals surface area contributed by atoms with E-state index in [9.17, 15) is 9.18 Å². The van der Waals surface area contributed by atoms with Crippen LogP contribution in [0.1, 0.15) is 31.4 Å². The van der Waals surface area contributed by atoms with Crippen molar-refractivity contribution in [1.29, 1.82) is 0 Å². The Labute approximate surface area is 170 Å². The van der Waals surface area contributed by atoms with Gasteiger partial charge in [-0.15, -0.1) is 0 Å². The second-order valence-electron chi connectivity index (χ2n) is 6.14. The van der Waals surface area contributed by atoms with Gasteiger partial charge in [0, 0.05) is 24.5 Å². The second-order valence-corrected chi connectivity index (χ2v) is 7.25. The van der Waals surface area contributed by atoms with E-state index in [2.05, 4.69) is 5.32 Å². The zero-order valence-corrected chi connectivity index (χ0v) is 17.3. The van der Waals surface area contributed by atoms with Gasteiger partial charge in [0.25, 0.3) is 0 Å². The second kappa shape index (κ2) is 12.3. The molecular formula is C22H28FNO3S. The van der Waals surface area contributed by atoms with Crippen molar-refractivity contribution in [2.45, 2.75) is 32.4 Å². The molecule has 0 atom stereocenters. The van der Waals surface area contributed by atoms with Crippen LogP contribution in [0.5, 0.6) is 11.5 Å². The molecule has 4 nitrogen and oxygen atoms in total. The van der Waals surface area contributed by atoms with Crippen molar-refractivity contribution < 1.29 is 18.7 Å². The minimum absolute atomic E-state index is 0.0123. The molecule has 6 heteroatoms. The number of aryl methyl sites for hydroxylation is 1. The summed E-state index contributed by atoms with van der Waals surface area (Å²) in [7, 11) is 0. The lowest BCUT2D eigenvalue weighted by Gasteiger charge is -2.12. The van der Waals surface area contributed by atoms with E-state index in [-0.39, 0.29) is 11.7 Å². The quantitative estimate of drug-likeness (QED) is 0.524. The highest BCUT2D eigenvalue weighted by molar-refractivity contribution is 7.98. The fourth-order valence-corrected chi connectivity index (χ4v) is 3.50. The molecule has 0 aliphatic heterocycles. The van der Waals surface area contributed by atoms with E-state index in [1.54, 1.807) is 23.9 Å². The number of nitrogens with one attached hydrogen (secondary N) is 1. The SMILES string of the molecule is CCOc1ccc(CCC(=O)NCCSCc2ccccc2F)cc1OCC. The first kappa shape index (κ1) is 22.1. The molecule has 1 amide bonds. The fourth-order valence-electron chi connectivity index (χ4n) is 2.66. The van der Waals surface area contributed by atoms with Gasteiger partial charge in [0.05, 0.1) is 13.2 Å². The van der Waals surface area contributed by atoms with Gasteiger partial charge in [-0.25, -0.2) is 4.39 Å². The molecular weight excluding hydrogens is 377 g/mol. The molecule has 0 saturated carbocycles. The van der Waals surface area contributed by atoms with Gasteiger partial charge in [-0.2, -0.15) is 11.8 Å². The van der Waals surface area contributed by atoms with Gasteiger partial charge < -0.3 is 14.8 Å². The minimum atomic E-state index is -0.180. The third-order valence-electron chi connectivity index (χ3n) is 4.03. The normalized spacial score (nSPS) is 10.5. The molecule has 0 heterocycles. The molecule has 0 fully saturated rings. The Bertz CT molecular complexity index is 754. The Hall–Kier alpha value is -2.21. The highest BCUT2D eigenvalue weighted by Crippen LogP contribution is 2.29. The molecule has 0 unspecified atom stereocenters. The number of hydrogen-bond acceptors (Lipinski definition) is 4. The van der Waals surface area contributed by atoms with E-state index in [0.717, 1.165) is 17.1 Å². The summed E-state index contributed by atoms with van der Waals surface area (Å²) >= 11 is 1.61. The first-order valence-corrected chi connectivity index (χ1v) is 10.8. The standard InChI is InChI=1S/C22H28FNO3S/c1-3-26-20-11-9-17(15-21(20)27-4-2)10-12-22(25)24-13-14-28-16-18-7-5-6-8-19(18)23/h5-9,11,15H,3-4,10,12-14,16H2,1-2H3,(H,24,25). The average molecular weight is 406 g/mol. The summed E-state index contributed by atoms with van der Waals surface area (Å²) in [4.78, 5) is 12.0. The maximum Gasteiger partial charge on any atom is 0.220 e. The molecule has 2 aromatic carbocycles. The summed E-state index contributed by atoms with van der Waals surface area (Å²) in [6.45, 7) is 5.58. The molecule has 0 aliphatic rings. The number of benzene rings is 2. The average Bonchev–Trinajstić information content (AvgIpc) is 2.69. The summed E-state index contributed by atoms with van der Waals surface area (Å²) in [6.07, 6.45) is 1.05. The Kier molecular flexibility index (Phi) is 9.69. The third-order valence-corrected chi connectivity index (χ3v) is 5.04. The van der Waals surface area contributed by atoms with Gasteiger partial charge >= 0.3 is 0 Å². The van der Waals surface area contributed by atoms with Crippen molar-refractivity contribution in [3.05, 3.63) is 59.4 Å². The lowest BCUT2D eigenvalue weighted by molar-refractivity contribution is -0.120. The van der Waals surface area contributed by atoms with E-state index in [4.69, 9.17) is 9.47 Å². The van der Waals surface area contributed by atoms with Gasteiger partial charge in [-0.1, -0.05) is 24.3 Å². The van der Waals surface area contributed by atoms with E-state index in [0.29, 0.717) is 49.7 Å². The van der Waals surface area contributed by atoms with Crippen molar-refractivity contribution in [3.63, 3.8) is 0 Å². The van der Waals surface area contributed by atoms with Gasteiger partial charge in [-0.3, -0.25) is 4.79 Å². The highest BCUT2D eigenvalue weighted by atomic mass is 32.2. The molecule has 0 bridgehead atoms. The largest absolute Gasteiger partial charge is 0.490 e. The van der Waals surface area contributed by atoms with E-state index in [1.165, 1.54) is 6.07 Å². The molecule has 0 radical (unpaired) electrons. The molecule has 2 aromatic rings. The number of halogens is 1. The number of carbonyl (C=O) groups excluding carboxylic acids is 1. The van der Waals surface area contributed by atoms with Gasteiger partial charge in [0.1, 0.15) is 5.82 Å². The van der Waals surface area contributed by atoms with Crippen LogP contribution in [0.4, 0.5) is 4.39 Å². The summed E-state index contributed by atoms with van der Waals surface area (Å²) in [6, 6.07) is 12.6.